The van der Waals surface area contributed by atoms with E-state index in [1.54, 1.807) is 0 Å². The fraction of sp³-hybridized carbons (Fsp3) is 0.333. The third kappa shape index (κ3) is 2.42. The molecule has 0 saturated carbocycles. The van der Waals surface area contributed by atoms with E-state index in [2.05, 4.69) is 23.9 Å². The minimum absolute atomic E-state index is 0.239. The number of hydrogen-bond acceptors (Lipinski definition) is 2. The Balaban J connectivity index is 2.46. The molecule has 0 amide bonds. The van der Waals surface area contributed by atoms with E-state index in [9.17, 15) is 0 Å². The van der Waals surface area contributed by atoms with Gasteiger partial charge in [0.05, 0.1) is 23.3 Å². The molecular formula is C12H15ClN4. The van der Waals surface area contributed by atoms with Crippen LogP contribution in [0.3, 0.4) is 0 Å². The molecule has 0 unspecified atom stereocenters. The van der Waals surface area contributed by atoms with Crippen LogP contribution in [0.5, 0.6) is 0 Å². The van der Waals surface area contributed by atoms with Crippen LogP contribution in [0, 0.1) is 0 Å². The largest absolute Gasteiger partial charge is 0.386 e. The molecule has 2 rings (SSSR count). The lowest BCUT2D eigenvalue weighted by Gasteiger charge is -2.06. The van der Waals surface area contributed by atoms with E-state index < -0.39 is 0 Å². The first-order valence-electron chi connectivity index (χ1n) is 5.48. The Morgan fingerprint density at radius 1 is 1.53 bits per heavy atom. The highest BCUT2D eigenvalue weighted by atomic mass is 35.5. The number of halogens is 1. The van der Waals surface area contributed by atoms with E-state index in [4.69, 9.17) is 17.3 Å². The van der Waals surface area contributed by atoms with Crippen LogP contribution in [0.15, 0.2) is 29.4 Å². The standard InChI is InChI=1S/C12H15ClN4/c1-8(2)17-11-4-3-10(16-12(14)6-13)5-9(11)7-15-17/h3-5,7-8H,6H2,1-2H3,(H2,14,16). The number of alkyl halides is 1. The van der Waals surface area contributed by atoms with Gasteiger partial charge in [0.2, 0.25) is 0 Å². The molecule has 0 aliphatic carbocycles. The van der Waals surface area contributed by atoms with Crippen LogP contribution >= 0.6 is 11.6 Å². The number of benzene rings is 1. The van der Waals surface area contributed by atoms with Crippen LogP contribution < -0.4 is 5.73 Å². The topological polar surface area (TPSA) is 56.2 Å². The van der Waals surface area contributed by atoms with E-state index in [-0.39, 0.29) is 5.88 Å². The molecule has 1 heterocycles. The second-order valence-corrected chi connectivity index (χ2v) is 4.43. The summed E-state index contributed by atoms with van der Waals surface area (Å²) in [5.41, 5.74) is 7.50. The Morgan fingerprint density at radius 2 is 2.29 bits per heavy atom. The van der Waals surface area contributed by atoms with Crippen LogP contribution in [0.25, 0.3) is 10.9 Å². The minimum Gasteiger partial charge on any atom is -0.386 e. The summed E-state index contributed by atoms with van der Waals surface area (Å²) in [5, 5.41) is 5.40. The van der Waals surface area contributed by atoms with Crippen molar-refractivity contribution in [3.8, 4) is 0 Å². The maximum absolute atomic E-state index is 5.60. The van der Waals surface area contributed by atoms with Crippen molar-refractivity contribution in [2.75, 3.05) is 5.88 Å². The number of hydrogen-bond donors (Lipinski definition) is 1. The van der Waals surface area contributed by atoms with E-state index in [0.717, 1.165) is 16.6 Å². The molecule has 90 valence electrons. The van der Waals surface area contributed by atoms with Gasteiger partial charge < -0.3 is 5.73 Å². The van der Waals surface area contributed by atoms with Gasteiger partial charge in [0.25, 0.3) is 0 Å². The molecule has 0 saturated heterocycles. The SMILES string of the molecule is CC(C)n1ncc2cc(N=C(N)CCl)ccc21. The molecule has 0 aliphatic rings. The summed E-state index contributed by atoms with van der Waals surface area (Å²) in [6.07, 6.45) is 1.84. The predicted octanol–water partition coefficient (Wildman–Crippen LogP) is 2.84. The first kappa shape index (κ1) is 11.9. The molecule has 5 heteroatoms. The molecule has 1 aromatic carbocycles. The molecule has 2 aromatic rings. The number of aromatic nitrogens is 2. The maximum atomic E-state index is 5.60. The fourth-order valence-electron chi connectivity index (χ4n) is 1.72. The van der Waals surface area contributed by atoms with Gasteiger partial charge in [-0.2, -0.15) is 5.10 Å². The van der Waals surface area contributed by atoms with Crippen molar-refractivity contribution in [2.45, 2.75) is 19.9 Å². The number of rotatable bonds is 3. The normalized spacial score (nSPS) is 12.6. The highest BCUT2D eigenvalue weighted by Crippen LogP contribution is 2.23. The number of fused-ring (bicyclic) bond motifs is 1. The van der Waals surface area contributed by atoms with Crippen molar-refractivity contribution >= 4 is 34.0 Å². The van der Waals surface area contributed by atoms with Crippen LogP contribution in [0.4, 0.5) is 5.69 Å². The third-order valence-corrected chi connectivity index (χ3v) is 2.75. The van der Waals surface area contributed by atoms with Crippen molar-refractivity contribution in [3.05, 3.63) is 24.4 Å². The molecule has 0 fully saturated rings. The molecule has 1 aromatic heterocycles. The first-order chi connectivity index (χ1) is 8.11. The van der Waals surface area contributed by atoms with Crippen molar-refractivity contribution in [2.24, 2.45) is 10.7 Å². The average molecular weight is 251 g/mol. The fourth-order valence-corrected chi connectivity index (χ4v) is 1.78. The summed E-state index contributed by atoms with van der Waals surface area (Å²) < 4.78 is 1.98. The Kier molecular flexibility index (Phi) is 3.33. The number of amidine groups is 1. The molecule has 0 bridgehead atoms. The summed E-state index contributed by atoms with van der Waals surface area (Å²) in [6.45, 7) is 4.20. The number of aliphatic imine (C=N–C) groups is 1. The van der Waals surface area contributed by atoms with Crippen molar-refractivity contribution < 1.29 is 0 Å². The summed E-state index contributed by atoms with van der Waals surface area (Å²) in [5.74, 6) is 0.658. The Bertz CT molecular complexity index is 557. The van der Waals surface area contributed by atoms with Crippen LogP contribution in [0.2, 0.25) is 0 Å². The molecule has 0 radical (unpaired) electrons. The van der Waals surface area contributed by atoms with Gasteiger partial charge in [-0.25, -0.2) is 4.99 Å². The van der Waals surface area contributed by atoms with Gasteiger partial charge in [-0.3, -0.25) is 4.68 Å². The van der Waals surface area contributed by atoms with Crippen molar-refractivity contribution in [1.29, 1.82) is 0 Å². The molecule has 2 N–H and O–H groups in total. The molecule has 0 spiro atoms. The molecular weight excluding hydrogens is 236 g/mol. The van der Waals surface area contributed by atoms with Gasteiger partial charge >= 0.3 is 0 Å². The molecule has 17 heavy (non-hydrogen) atoms. The lowest BCUT2D eigenvalue weighted by molar-refractivity contribution is 0.551. The molecule has 0 atom stereocenters. The Morgan fingerprint density at radius 3 is 2.94 bits per heavy atom. The van der Waals surface area contributed by atoms with Gasteiger partial charge in [-0.1, -0.05) is 0 Å². The summed E-state index contributed by atoms with van der Waals surface area (Å²) >= 11 is 5.59. The zero-order valence-electron chi connectivity index (χ0n) is 9.89. The van der Waals surface area contributed by atoms with E-state index in [0.29, 0.717) is 11.9 Å². The maximum Gasteiger partial charge on any atom is 0.115 e. The Labute approximate surface area is 105 Å². The second-order valence-electron chi connectivity index (χ2n) is 4.16. The lowest BCUT2D eigenvalue weighted by Crippen LogP contribution is -2.12. The average Bonchev–Trinajstić information content (AvgIpc) is 2.71. The van der Waals surface area contributed by atoms with E-state index in [1.807, 2.05) is 29.1 Å². The second kappa shape index (κ2) is 4.75. The highest BCUT2D eigenvalue weighted by molar-refractivity contribution is 6.28. The van der Waals surface area contributed by atoms with Crippen LogP contribution in [-0.2, 0) is 0 Å². The van der Waals surface area contributed by atoms with Gasteiger partial charge in [-0.05, 0) is 32.0 Å². The van der Waals surface area contributed by atoms with Gasteiger partial charge in [0.15, 0.2) is 0 Å². The molecule has 0 aliphatic heterocycles. The summed E-state index contributed by atoms with van der Waals surface area (Å²) in [6, 6.07) is 6.22. The predicted molar refractivity (Wildman–Crippen MR) is 72.1 cm³/mol. The van der Waals surface area contributed by atoms with Gasteiger partial charge in [0.1, 0.15) is 5.84 Å². The number of nitrogens with zero attached hydrogens (tertiary/aromatic N) is 3. The third-order valence-electron chi connectivity index (χ3n) is 2.48. The smallest absolute Gasteiger partial charge is 0.115 e. The van der Waals surface area contributed by atoms with Crippen molar-refractivity contribution in [1.82, 2.24) is 9.78 Å². The zero-order chi connectivity index (χ0) is 12.4. The Hall–Kier alpha value is -1.55. The van der Waals surface area contributed by atoms with Crippen molar-refractivity contribution in [3.63, 3.8) is 0 Å². The zero-order valence-corrected chi connectivity index (χ0v) is 10.6. The van der Waals surface area contributed by atoms with Crippen LogP contribution in [0.1, 0.15) is 19.9 Å². The van der Waals surface area contributed by atoms with E-state index in [1.165, 1.54) is 0 Å². The lowest BCUT2D eigenvalue weighted by atomic mass is 10.2. The monoisotopic (exact) mass is 250 g/mol. The quantitative estimate of drug-likeness (QED) is 0.517. The summed E-state index contributed by atoms with van der Waals surface area (Å²) in [7, 11) is 0. The van der Waals surface area contributed by atoms with E-state index >= 15 is 0 Å². The van der Waals surface area contributed by atoms with Crippen LogP contribution in [-0.4, -0.2) is 21.5 Å². The molecule has 4 nitrogen and oxygen atoms in total. The van der Waals surface area contributed by atoms with Gasteiger partial charge in [0, 0.05) is 11.4 Å². The first-order valence-corrected chi connectivity index (χ1v) is 6.01. The highest BCUT2D eigenvalue weighted by Gasteiger charge is 2.05. The van der Waals surface area contributed by atoms with Gasteiger partial charge in [-0.15, -0.1) is 11.6 Å². The minimum atomic E-state index is 0.239. The number of nitrogens with two attached hydrogens (primary N) is 1. The summed E-state index contributed by atoms with van der Waals surface area (Å²) in [4.78, 5) is 4.21.